The van der Waals surface area contributed by atoms with Crippen molar-refractivity contribution in [1.82, 2.24) is 4.90 Å². The molecule has 1 atom stereocenters. The Hall–Kier alpha value is -1.69. The van der Waals surface area contributed by atoms with Gasteiger partial charge >= 0.3 is 5.97 Å². The van der Waals surface area contributed by atoms with Crippen LogP contribution in [0.1, 0.15) is 20.7 Å². The average Bonchev–Trinajstić information content (AvgIpc) is 2.55. The molecule has 0 spiro atoms. The molecule has 6 heteroatoms. The van der Waals surface area contributed by atoms with Crippen LogP contribution in [-0.2, 0) is 4.79 Å². The van der Waals surface area contributed by atoms with Crippen molar-refractivity contribution in [2.75, 3.05) is 6.54 Å². The van der Waals surface area contributed by atoms with Crippen LogP contribution in [0.3, 0.4) is 0 Å². The molecule has 17 heavy (non-hydrogen) atoms. The van der Waals surface area contributed by atoms with Gasteiger partial charge in [-0.3, -0.25) is 19.3 Å². The van der Waals surface area contributed by atoms with E-state index in [0.717, 1.165) is 4.90 Å². The maximum Gasteiger partial charge on any atom is 0.319 e. The zero-order chi connectivity index (χ0) is 12.6. The van der Waals surface area contributed by atoms with Gasteiger partial charge in [0.15, 0.2) is 0 Å². The second-order valence-corrected chi connectivity index (χ2v) is 4.68. The first-order valence-corrected chi connectivity index (χ1v) is 5.76. The van der Waals surface area contributed by atoms with Crippen molar-refractivity contribution in [3.05, 3.63) is 35.4 Å². The Bertz CT molecular complexity index is 479. The van der Waals surface area contributed by atoms with E-state index in [1.165, 1.54) is 0 Å². The van der Waals surface area contributed by atoms with E-state index in [1.54, 1.807) is 24.3 Å². The average molecular weight is 298 g/mol. The van der Waals surface area contributed by atoms with Crippen molar-refractivity contribution in [1.29, 1.82) is 0 Å². The quantitative estimate of drug-likeness (QED) is 0.670. The van der Waals surface area contributed by atoms with Gasteiger partial charge in [-0.1, -0.05) is 28.1 Å². The van der Waals surface area contributed by atoms with E-state index in [2.05, 4.69) is 15.9 Å². The van der Waals surface area contributed by atoms with E-state index in [0.29, 0.717) is 11.1 Å². The summed E-state index contributed by atoms with van der Waals surface area (Å²) in [7, 11) is 0. The van der Waals surface area contributed by atoms with Crippen LogP contribution in [0.5, 0.6) is 0 Å². The third-order valence-corrected chi connectivity index (χ3v) is 3.17. The monoisotopic (exact) mass is 297 g/mol. The SMILES string of the molecule is O=C(O)[C@@H](Br)CN1C(=O)c2ccccc2C1=O. The Morgan fingerprint density at radius 1 is 1.24 bits per heavy atom. The van der Waals surface area contributed by atoms with E-state index in [1.807, 2.05) is 0 Å². The third kappa shape index (κ3) is 1.95. The van der Waals surface area contributed by atoms with Gasteiger partial charge in [-0.05, 0) is 12.1 Å². The van der Waals surface area contributed by atoms with Crippen molar-refractivity contribution in [3.63, 3.8) is 0 Å². The number of fused-ring (bicyclic) bond motifs is 1. The number of carboxylic acids is 1. The topological polar surface area (TPSA) is 74.7 Å². The fourth-order valence-corrected chi connectivity index (χ4v) is 1.93. The zero-order valence-electron chi connectivity index (χ0n) is 8.59. The minimum Gasteiger partial charge on any atom is -0.480 e. The lowest BCUT2D eigenvalue weighted by Gasteiger charge is -2.15. The predicted molar refractivity (Wildman–Crippen MR) is 62.2 cm³/mol. The Morgan fingerprint density at radius 2 is 1.71 bits per heavy atom. The molecule has 2 rings (SSSR count). The minimum atomic E-state index is -1.11. The number of alkyl halides is 1. The van der Waals surface area contributed by atoms with Crippen LogP contribution in [-0.4, -0.2) is 39.2 Å². The van der Waals surface area contributed by atoms with Gasteiger partial charge < -0.3 is 5.11 Å². The molecule has 1 heterocycles. The first-order chi connectivity index (χ1) is 8.02. The van der Waals surface area contributed by atoms with Crippen molar-refractivity contribution in [3.8, 4) is 0 Å². The zero-order valence-corrected chi connectivity index (χ0v) is 10.2. The highest BCUT2D eigenvalue weighted by Crippen LogP contribution is 2.23. The summed E-state index contributed by atoms with van der Waals surface area (Å²) >= 11 is 2.91. The van der Waals surface area contributed by atoms with Crippen LogP contribution in [0.15, 0.2) is 24.3 Å². The summed E-state index contributed by atoms with van der Waals surface area (Å²) in [5.74, 6) is -2.01. The Balaban J connectivity index is 2.27. The number of halogens is 1. The van der Waals surface area contributed by atoms with E-state index in [9.17, 15) is 14.4 Å². The molecule has 88 valence electrons. The molecular weight excluding hydrogens is 290 g/mol. The lowest BCUT2D eigenvalue weighted by atomic mass is 10.1. The minimum absolute atomic E-state index is 0.179. The summed E-state index contributed by atoms with van der Waals surface area (Å²) in [6.07, 6.45) is 0. The van der Waals surface area contributed by atoms with Crippen molar-refractivity contribution in [2.24, 2.45) is 0 Å². The smallest absolute Gasteiger partial charge is 0.319 e. The van der Waals surface area contributed by atoms with Crippen molar-refractivity contribution < 1.29 is 19.5 Å². The van der Waals surface area contributed by atoms with Gasteiger partial charge in [0.25, 0.3) is 11.8 Å². The Labute approximate surface area is 105 Å². The van der Waals surface area contributed by atoms with E-state index >= 15 is 0 Å². The van der Waals surface area contributed by atoms with Gasteiger partial charge in [-0.2, -0.15) is 0 Å². The Kier molecular flexibility index (Phi) is 2.97. The fourth-order valence-electron chi connectivity index (χ4n) is 1.64. The normalized spacial score (nSPS) is 15.9. The molecule has 1 aromatic carbocycles. The number of rotatable bonds is 3. The first-order valence-electron chi connectivity index (χ1n) is 4.84. The summed E-state index contributed by atoms with van der Waals surface area (Å²) in [5, 5.41) is 8.74. The van der Waals surface area contributed by atoms with Crippen molar-refractivity contribution >= 4 is 33.7 Å². The fraction of sp³-hybridized carbons (Fsp3) is 0.182. The first kappa shape index (κ1) is 11.8. The van der Waals surface area contributed by atoms with Crippen LogP contribution < -0.4 is 0 Å². The molecule has 5 nitrogen and oxygen atoms in total. The molecule has 1 aromatic rings. The van der Waals surface area contributed by atoms with Crippen LogP contribution in [0, 0.1) is 0 Å². The van der Waals surface area contributed by atoms with Gasteiger partial charge in [-0.25, -0.2) is 0 Å². The summed E-state index contributed by atoms with van der Waals surface area (Å²) in [6.45, 7) is -0.179. The van der Waals surface area contributed by atoms with Gasteiger partial charge in [-0.15, -0.1) is 0 Å². The number of aliphatic carboxylic acids is 1. The van der Waals surface area contributed by atoms with Crippen LogP contribution in [0.4, 0.5) is 0 Å². The molecule has 0 saturated carbocycles. The maximum absolute atomic E-state index is 11.9. The summed E-state index contributed by atoms with van der Waals surface area (Å²) in [5.41, 5.74) is 0.644. The molecule has 1 aliphatic rings. The molecule has 1 N–H and O–H groups in total. The second-order valence-electron chi connectivity index (χ2n) is 3.57. The lowest BCUT2D eigenvalue weighted by molar-refractivity contribution is -0.136. The molecule has 0 aliphatic carbocycles. The number of hydrogen-bond donors (Lipinski definition) is 1. The number of nitrogens with zero attached hydrogens (tertiary/aromatic N) is 1. The number of benzene rings is 1. The number of amides is 2. The highest BCUT2D eigenvalue weighted by molar-refractivity contribution is 9.10. The third-order valence-electron chi connectivity index (χ3n) is 2.49. The number of imide groups is 1. The highest BCUT2D eigenvalue weighted by atomic mass is 79.9. The number of hydrogen-bond acceptors (Lipinski definition) is 3. The van der Waals surface area contributed by atoms with Gasteiger partial charge in [0.05, 0.1) is 17.7 Å². The lowest BCUT2D eigenvalue weighted by Crippen LogP contribution is -2.37. The van der Waals surface area contributed by atoms with Crippen LogP contribution in [0.2, 0.25) is 0 Å². The number of carbonyl (C=O) groups is 3. The Morgan fingerprint density at radius 3 is 2.12 bits per heavy atom. The molecule has 0 bridgehead atoms. The van der Waals surface area contributed by atoms with Gasteiger partial charge in [0.2, 0.25) is 0 Å². The molecular formula is C11H8BrNO4. The molecule has 2 amide bonds. The summed E-state index contributed by atoms with van der Waals surface area (Å²) in [6, 6.07) is 6.44. The molecule has 0 unspecified atom stereocenters. The molecule has 0 aromatic heterocycles. The predicted octanol–water partition coefficient (Wildman–Crippen LogP) is 1.13. The van der Waals surface area contributed by atoms with Gasteiger partial charge in [0.1, 0.15) is 4.83 Å². The maximum atomic E-state index is 11.9. The molecule has 1 aliphatic heterocycles. The summed E-state index contributed by atoms with van der Waals surface area (Å²) < 4.78 is 0. The van der Waals surface area contributed by atoms with Crippen molar-refractivity contribution in [2.45, 2.75) is 4.83 Å². The highest BCUT2D eigenvalue weighted by Gasteiger charge is 2.36. The van der Waals surface area contributed by atoms with E-state index in [-0.39, 0.29) is 6.54 Å². The molecule has 0 fully saturated rings. The largest absolute Gasteiger partial charge is 0.480 e. The van der Waals surface area contributed by atoms with Crippen LogP contribution in [0.25, 0.3) is 0 Å². The molecule has 0 radical (unpaired) electrons. The molecule has 0 saturated heterocycles. The van der Waals surface area contributed by atoms with E-state index in [4.69, 9.17) is 5.11 Å². The second kappa shape index (κ2) is 4.29. The van der Waals surface area contributed by atoms with E-state index < -0.39 is 22.6 Å². The number of carbonyl (C=O) groups excluding carboxylic acids is 2. The summed E-state index contributed by atoms with van der Waals surface area (Å²) in [4.78, 5) is 34.4. The standard InChI is InChI=1S/C11H8BrNO4/c12-8(11(16)17)5-13-9(14)6-3-1-2-4-7(6)10(13)15/h1-4,8H,5H2,(H,16,17)/t8-/m0/s1. The van der Waals surface area contributed by atoms with Gasteiger partial charge in [0, 0.05) is 0 Å². The van der Waals surface area contributed by atoms with Crippen LogP contribution >= 0.6 is 15.9 Å². The number of carboxylic acid groups (broad SMARTS) is 1.